The Balaban J connectivity index is 1.64. The van der Waals surface area contributed by atoms with Gasteiger partial charge in [0.2, 0.25) is 0 Å². The summed E-state index contributed by atoms with van der Waals surface area (Å²) in [5.41, 5.74) is -0.181. The molecule has 2 aliphatic heterocycles. The predicted octanol–water partition coefficient (Wildman–Crippen LogP) is 3.24. The lowest BCUT2D eigenvalue weighted by molar-refractivity contribution is -0.137. The van der Waals surface area contributed by atoms with Gasteiger partial charge in [0.15, 0.2) is 0 Å². The first-order chi connectivity index (χ1) is 12.3. The number of hydrogen-bond donors (Lipinski definition) is 0. The van der Waals surface area contributed by atoms with E-state index in [2.05, 4.69) is 4.90 Å². The number of morpholine rings is 1. The van der Waals surface area contributed by atoms with Crippen molar-refractivity contribution in [1.29, 1.82) is 0 Å². The molecule has 0 aliphatic carbocycles. The molecule has 2 saturated heterocycles. The van der Waals surface area contributed by atoms with Gasteiger partial charge in [-0.2, -0.15) is 13.2 Å². The van der Waals surface area contributed by atoms with Gasteiger partial charge < -0.3 is 4.74 Å². The quantitative estimate of drug-likeness (QED) is 0.570. The summed E-state index contributed by atoms with van der Waals surface area (Å²) in [4.78, 5) is 16.7. The molecule has 9 heteroatoms. The van der Waals surface area contributed by atoms with Gasteiger partial charge in [-0.1, -0.05) is 36.1 Å². The van der Waals surface area contributed by atoms with Crippen LogP contribution in [0.5, 0.6) is 0 Å². The summed E-state index contributed by atoms with van der Waals surface area (Å²) < 4.78 is 43.6. The molecule has 4 nitrogen and oxygen atoms in total. The molecule has 140 valence electrons. The van der Waals surface area contributed by atoms with Crippen LogP contribution in [0.2, 0.25) is 0 Å². The number of carbonyl (C=O) groups excluding carboxylic acids is 1. The monoisotopic (exact) mass is 402 g/mol. The van der Waals surface area contributed by atoms with Crippen molar-refractivity contribution in [2.24, 2.45) is 0 Å². The highest BCUT2D eigenvalue weighted by molar-refractivity contribution is 8.26. The van der Waals surface area contributed by atoms with Crippen molar-refractivity contribution < 1.29 is 22.7 Å². The number of nitrogens with zero attached hydrogens (tertiary/aromatic N) is 2. The van der Waals surface area contributed by atoms with Gasteiger partial charge in [-0.15, -0.1) is 0 Å². The van der Waals surface area contributed by atoms with Crippen molar-refractivity contribution in [2.75, 3.05) is 39.4 Å². The van der Waals surface area contributed by atoms with Crippen molar-refractivity contribution >= 4 is 40.3 Å². The van der Waals surface area contributed by atoms with Crippen LogP contribution in [0, 0.1) is 0 Å². The largest absolute Gasteiger partial charge is 0.416 e. The van der Waals surface area contributed by atoms with E-state index in [4.69, 9.17) is 17.0 Å². The minimum Gasteiger partial charge on any atom is -0.379 e. The second-order valence-corrected chi connectivity index (χ2v) is 7.58. The predicted molar refractivity (Wildman–Crippen MR) is 98.6 cm³/mol. The summed E-state index contributed by atoms with van der Waals surface area (Å²) in [7, 11) is 0. The molecule has 0 saturated carbocycles. The second-order valence-electron chi connectivity index (χ2n) is 5.91. The van der Waals surface area contributed by atoms with Crippen molar-refractivity contribution in [3.63, 3.8) is 0 Å². The zero-order valence-electron chi connectivity index (χ0n) is 13.8. The normalized spacial score (nSPS) is 21.0. The average molecular weight is 402 g/mol. The molecular formula is C17H17F3N2O2S2. The van der Waals surface area contributed by atoms with Crippen LogP contribution in [-0.2, 0) is 15.7 Å². The van der Waals surface area contributed by atoms with Gasteiger partial charge in [-0.3, -0.25) is 14.6 Å². The lowest BCUT2D eigenvalue weighted by atomic mass is 10.1. The third kappa shape index (κ3) is 4.64. The maximum atomic E-state index is 12.6. The summed E-state index contributed by atoms with van der Waals surface area (Å²) in [6, 6.07) is 4.71. The molecule has 2 aliphatic rings. The summed E-state index contributed by atoms with van der Waals surface area (Å²) in [5.74, 6) is -0.201. The van der Waals surface area contributed by atoms with E-state index in [1.807, 2.05) is 0 Å². The number of hydrogen-bond acceptors (Lipinski definition) is 5. The van der Waals surface area contributed by atoms with Crippen LogP contribution in [0.15, 0.2) is 29.2 Å². The summed E-state index contributed by atoms with van der Waals surface area (Å²) in [5, 5.41) is 0. The fourth-order valence-electron chi connectivity index (χ4n) is 2.68. The minimum absolute atomic E-state index is 0.201. The fourth-order valence-corrected chi connectivity index (χ4v) is 3.99. The number of alkyl halides is 3. The van der Waals surface area contributed by atoms with Crippen molar-refractivity contribution in [1.82, 2.24) is 9.80 Å². The molecule has 26 heavy (non-hydrogen) atoms. The Hall–Kier alpha value is -1.42. The van der Waals surface area contributed by atoms with E-state index < -0.39 is 11.7 Å². The molecule has 3 rings (SSSR count). The average Bonchev–Trinajstić information content (AvgIpc) is 2.87. The molecule has 1 amide bonds. The molecule has 1 aromatic rings. The standard InChI is InChI=1S/C17H17F3N2O2S2/c18-17(19,20)13-3-1-12(2-4-13)11-14-15(23)22(16(25)26-14)6-5-21-7-9-24-10-8-21/h1-4,11H,5-10H2/b14-11+. The number of thioether (sulfide) groups is 1. The Morgan fingerprint density at radius 2 is 1.81 bits per heavy atom. The third-order valence-electron chi connectivity index (χ3n) is 4.15. The number of rotatable bonds is 4. The number of halogens is 3. The molecule has 0 bridgehead atoms. The number of benzene rings is 1. The topological polar surface area (TPSA) is 32.8 Å². The van der Waals surface area contributed by atoms with E-state index in [1.165, 1.54) is 23.9 Å². The third-order valence-corrected chi connectivity index (χ3v) is 5.53. The summed E-state index contributed by atoms with van der Waals surface area (Å²) >= 11 is 6.46. The lowest BCUT2D eigenvalue weighted by Gasteiger charge is -2.28. The fraction of sp³-hybridized carbons (Fsp3) is 0.412. The Morgan fingerprint density at radius 3 is 2.42 bits per heavy atom. The van der Waals surface area contributed by atoms with Gasteiger partial charge in [0.05, 0.1) is 23.7 Å². The Bertz CT molecular complexity index is 714. The molecule has 0 radical (unpaired) electrons. The number of ether oxygens (including phenoxy) is 1. The van der Waals surface area contributed by atoms with Crippen molar-refractivity contribution in [3.05, 3.63) is 40.3 Å². The van der Waals surface area contributed by atoms with E-state index >= 15 is 0 Å². The van der Waals surface area contributed by atoms with Gasteiger partial charge in [0.1, 0.15) is 4.32 Å². The van der Waals surface area contributed by atoms with E-state index in [-0.39, 0.29) is 5.91 Å². The number of amides is 1. The van der Waals surface area contributed by atoms with Crippen LogP contribution < -0.4 is 0 Å². The smallest absolute Gasteiger partial charge is 0.379 e. The van der Waals surface area contributed by atoms with Gasteiger partial charge in [0.25, 0.3) is 5.91 Å². The Morgan fingerprint density at radius 1 is 1.15 bits per heavy atom. The molecule has 1 aromatic carbocycles. The van der Waals surface area contributed by atoms with Crippen molar-refractivity contribution in [2.45, 2.75) is 6.18 Å². The van der Waals surface area contributed by atoms with Crippen LogP contribution in [0.1, 0.15) is 11.1 Å². The lowest BCUT2D eigenvalue weighted by Crippen LogP contribution is -2.42. The molecule has 0 N–H and O–H groups in total. The highest BCUT2D eigenvalue weighted by Crippen LogP contribution is 2.33. The van der Waals surface area contributed by atoms with Gasteiger partial charge in [0, 0.05) is 26.2 Å². The van der Waals surface area contributed by atoms with E-state index in [0.717, 1.165) is 25.2 Å². The first kappa shape index (κ1) is 19.3. The first-order valence-corrected chi connectivity index (χ1v) is 9.30. The maximum Gasteiger partial charge on any atom is 0.416 e. The molecule has 0 aromatic heterocycles. The minimum atomic E-state index is -4.37. The zero-order valence-corrected chi connectivity index (χ0v) is 15.4. The van der Waals surface area contributed by atoms with Crippen LogP contribution in [0.3, 0.4) is 0 Å². The van der Waals surface area contributed by atoms with E-state index in [9.17, 15) is 18.0 Å². The Kier molecular flexibility index (Phi) is 6.01. The van der Waals surface area contributed by atoms with Crippen LogP contribution >= 0.6 is 24.0 Å². The zero-order chi connectivity index (χ0) is 18.7. The van der Waals surface area contributed by atoms with Crippen LogP contribution in [-0.4, -0.2) is 59.4 Å². The number of thiocarbonyl (C=S) groups is 1. The first-order valence-electron chi connectivity index (χ1n) is 8.07. The SMILES string of the molecule is O=C1/C(=C\c2ccc(C(F)(F)F)cc2)SC(=S)N1CCN1CCOCC1. The van der Waals surface area contributed by atoms with Crippen molar-refractivity contribution in [3.8, 4) is 0 Å². The molecular weight excluding hydrogens is 385 g/mol. The molecule has 2 fully saturated rings. The second kappa shape index (κ2) is 8.08. The van der Waals surface area contributed by atoms with Crippen LogP contribution in [0.25, 0.3) is 6.08 Å². The summed E-state index contributed by atoms with van der Waals surface area (Å²) in [6.45, 7) is 4.24. The Labute approximate surface area is 159 Å². The van der Waals surface area contributed by atoms with E-state index in [1.54, 1.807) is 11.0 Å². The van der Waals surface area contributed by atoms with Crippen LogP contribution in [0.4, 0.5) is 13.2 Å². The van der Waals surface area contributed by atoms with Gasteiger partial charge in [-0.25, -0.2) is 0 Å². The molecule has 2 heterocycles. The van der Waals surface area contributed by atoms with Gasteiger partial charge >= 0.3 is 6.18 Å². The number of carbonyl (C=O) groups is 1. The molecule has 0 spiro atoms. The highest BCUT2D eigenvalue weighted by atomic mass is 32.2. The van der Waals surface area contributed by atoms with Gasteiger partial charge in [-0.05, 0) is 23.8 Å². The molecule has 0 unspecified atom stereocenters. The highest BCUT2D eigenvalue weighted by Gasteiger charge is 2.33. The molecule has 0 atom stereocenters. The summed E-state index contributed by atoms with van der Waals surface area (Å²) in [6.07, 6.45) is -2.80. The maximum absolute atomic E-state index is 12.6. The van der Waals surface area contributed by atoms with E-state index in [0.29, 0.717) is 41.1 Å².